The van der Waals surface area contributed by atoms with Crippen molar-refractivity contribution in [1.82, 2.24) is 5.43 Å². The van der Waals surface area contributed by atoms with Crippen LogP contribution in [0.4, 0.5) is 11.4 Å². The van der Waals surface area contributed by atoms with Gasteiger partial charge in [0, 0.05) is 5.69 Å². The van der Waals surface area contributed by atoms with Crippen molar-refractivity contribution in [2.45, 2.75) is 13.8 Å². The van der Waals surface area contributed by atoms with Crippen LogP contribution in [0.15, 0.2) is 59.7 Å². The molecule has 3 aromatic carbocycles. The molecule has 9 nitrogen and oxygen atoms in total. The third-order valence-electron chi connectivity index (χ3n) is 4.77. The molecule has 0 aliphatic heterocycles. The van der Waals surface area contributed by atoms with Crippen molar-refractivity contribution in [3.63, 3.8) is 0 Å². The van der Waals surface area contributed by atoms with Gasteiger partial charge in [-0.2, -0.15) is 5.10 Å². The summed E-state index contributed by atoms with van der Waals surface area (Å²) in [6.45, 7) is 3.88. The Morgan fingerprint density at radius 3 is 2.50 bits per heavy atom. The Balaban J connectivity index is 1.62. The highest BCUT2D eigenvalue weighted by Crippen LogP contribution is 2.34. The van der Waals surface area contributed by atoms with Gasteiger partial charge in [-0.3, -0.25) is 14.4 Å². The summed E-state index contributed by atoms with van der Waals surface area (Å²) in [5, 5.41) is 9.35. The molecule has 0 spiro atoms. The third kappa shape index (κ3) is 8.33. The van der Waals surface area contributed by atoms with Gasteiger partial charge in [0.2, 0.25) is 0 Å². The van der Waals surface area contributed by atoms with Crippen molar-refractivity contribution >= 4 is 81.1 Å². The molecule has 12 heteroatoms. The van der Waals surface area contributed by atoms with Crippen molar-refractivity contribution < 1.29 is 23.9 Å². The number of halogens is 3. The molecule has 3 aromatic rings. The summed E-state index contributed by atoms with van der Waals surface area (Å²) in [5.74, 6) is -1.51. The molecule has 198 valence electrons. The summed E-state index contributed by atoms with van der Waals surface area (Å²) in [6, 6.07) is 15.4. The number of amides is 3. The fourth-order valence-corrected chi connectivity index (χ4v) is 4.25. The maximum Gasteiger partial charge on any atom is 0.329 e. The third-order valence-corrected chi connectivity index (χ3v) is 6.39. The van der Waals surface area contributed by atoms with E-state index in [-0.39, 0.29) is 28.2 Å². The van der Waals surface area contributed by atoms with Gasteiger partial charge in [-0.25, -0.2) is 5.43 Å². The van der Waals surface area contributed by atoms with Crippen LogP contribution in [0.3, 0.4) is 0 Å². The van der Waals surface area contributed by atoms with Crippen LogP contribution in [0.1, 0.15) is 18.1 Å². The first-order valence-corrected chi connectivity index (χ1v) is 13.1. The zero-order valence-corrected chi connectivity index (χ0v) is 24.0. The number of hydrogen-bond donors (Lipinski definition) is 3. The van der Waals surface area contributed by atoms with Gasteiger partial charge in [0.1, 0.15) is 0 Å². The van der Waals surface area contributed by atoms with Crippen LogP contribution in [0.2, 0.25) is 10.0 Å². The predicted octanol–water partition coefficient (Wildman–Crippen LogP) is 5.41. The monoisotopic (exact) mass is 668 g/mol. The van der Waals surface area contributed by atoms with E-state index in [4.69, 9.17) is 32.7 Å². The summed E-state index contributed by atoms with van der Waals surface area (Å²) >= 11 is 14.0. The molecule has 0 saturated heterocycles. The molecule has 0 radical (unpaired) electrons. The molecular weight excluding hydrogens is 646 g/mol. The van der Waals surface area contributed by atoms with Gasteiger partial charge in [-0.05, 0) is 84.0 Å². The molecule has 3 rings (SSSR count). The van der Waals surface area contributed by atoms with E-state index in [0.717, 1.165) is 5.56 Å². The Morgan fingerprint density at radius 1 is 1.00 bits per heavy atom. The van der Waals surface area contributed by atoms with Crippen LogP contribution in [0, 0.1) is 10.5 Å². The average Bonchev–Trinajstić information content (AvgIpc) is 2.86. The number of benzene rings is 3. The minimum Gasteiger partial charge on any atom is -0.490 e. The smallest absolute Gasteiger partial charge is 0.329 e. The highest BCUT2D eigenvalue weighted by Gasteiger charge is 2.16. The molecule has 0 aliphatic rings. The van der Waals surface area contributed by atoms with Crippen LogP contribution in [0.25, 0.3) is 0 Å². The van der Waals surface area contributed by atoms with Crippen molar-refractivity contribution in [3.05, 3.63) is 79.3 Å². The van der Waals surface area contributed by atoms with E-state index >= 15 is 0 Å². The molecule has 38 heavy (non-hydrogen) atoms. The Labute approximate surface area is 243 Å². The second kappa shape index (κ2) is 14.0. The van der Waals surface area contributed by atoms with Crippen molar-refractivity contribution in [2.75, 3.05) is 23.8 Å². The van der Waals surface area contributed by atoms with E-state index in [2.05, 4.69) is 21.2 Å². The molecule has 0 heterocycles. The van der Waals surface area contributed by atoms with Crippen LogP contribution in [0.5, 0.6) is 11.5 Å². The number of hydrazone groups is 1. The molecule has 0 aromatic heterocycles. The largest absolute Gasteiger partial charge is 0.490 e. The van der Waals surface area contributed by atoms with Gasteiger partial charge in [0.15, 0.2) is 18.1 Å². The predicted molar refractivity (Wildman–Crippen MR) is 156 cm³/mol. The highest BCUT2D eigenvalue weighted by molar-refractivity contribution is 14.1. The fraction of sp³-hybridized carbons (Fsp3) is 0.154. The lowest BCUT2D eigenvalue weighted by molar-refractivity contribution is -0.136. The lowest BCUT2D eigenvalue weighted by Crippen LogP contribution is -2.32. The Morgan fingerprint density at radius 2 is 1.76 bits per heavy atom. The summed E-state index contributed by atoms with van der Waals surface area (Å²) in [6.07, 6.45) is 1.34. The SMILES string of the molecule is CCOc1cc(/C=N\NC(=O)C(=O)Nc2cccc(Cl)c2Cl)cc(I)c1OCC(=O)Nc1cccc(C)c1. The fourth-order valence-electron chi connectivity index (χ4n) is 3.12. The zero-order chi connectivity index (χ0) is 27.7. The summed E-state index contributed by atoms with van der Waals surface area (Å²) in [5.41, 5.74) is 4.61. The highest BCUT2D eigenvalue weighted by atomic mass is 127. The average molecular weight is 669 g/mol. The maximum atomic E-state index is 12.4. The first kappa shape index (κ1) is 29.2. The molecule has 3 amide bonds. The van der Waals surface area contributed by atoms with E-state index < -0.39 is 11.8 Å². The van der Waals surface area contributed by atoms with E-state index in [1.807, 2.05) is 54.6 Å². The maximum absolute atomic E-state index is 12.4. The first-order valence-electron chi connectivity index (χ1n) is 11.2. The number of nitrogens with zero attached hydrogens (tertiary/aromatic N) is 1. The number of aryl methyl sites for hydroxylation is 1. The van der Waals surface area contributed by atoms with Crippen LogP contribution in [-0.4, -0.2) is 37.1 Å². The molecular formula is C26H23Cl2IN4O5. The molecule has 0 fully saturated rings. The van der Waals surface area contributed by atoms with Crippen molar-refractivity contribution in [1.29, 1.82) is 0 Å². The number of hydrogen-bond acceptors (Lipinski definition) is 6. The van der Waals surface area contributed by atoms with E-state index in [1.54, 1.807) is 30.3 Å². The quantitative estimate of drug-likeness (QED) is 0.122. The van der Waals surface area contributed by atoms with Gasteiger partial charge in [-0.15, -0.1) is 0 Å². The lowest BCUT2D eigenvalue weighted by atomic mass is 10.2. The van der Waals surface area contributed by atoms with E-state index in [0.29, 0.717) is 32.9 Å². The van der Waals surface area contributed by atoms with Crippen molar-refractivity contribution in [3.8, 4) is 11.5 Å². The van der Waals surface area contributed by atoms with E-state index in [9.17, 15) is 14.4 Å². The second-order valence-corrected chi connectivity index (χ2v) is 9.67. The minimum atomic E-state index is -1.00. The normalized spacial score (nSPS) is 10.7. The Bertz CT molecular complexity index is 1380. The van der Waals surface area contributed by atoms with Crippen LogP contribution in [-0.2, 0) is 14.4 Å². The lowest BCUT2D eigenvalue weighted by Gasteiger charge is -2.14. The Kier molecular flexibility index (Phi) is 10.7. The van der Waals surface area contributed by atoms with Crippen LogP contribution >= 0.6 is 45.8 Å². The van der Waals surface area contributed by atoms with Gasteiger partial charge < -0.3 is 20.1 Å². The molecule has 0 unspecified atom stereocenters. The zero-order valence-electron chi connectivity index (χ0n) is 20.3. The van der Waals surface area contributed by atoms with Gasteiger partial charge in [0.25, 0.3) is 5.91 Å². The van der Waals surface area contributed by atoms with Gasteiger partial charge >= 0.3 is 11.8 Å². The topological polar surface area (TPSA) is 118 Å². The number of anilines is 2. The second-order valence-electron chi connectivity index (χ2n) is 7.72. The van der Waals surface area contributed by atoms with Crippen molar-refractivity contribution in [2.24, 2.45) is 5.10 Å². The number of rotatable bonds is 9. The summed E-state index contributed by atoms with van der Waals surface area (Å²) < 4.78 is 12.1. The summed E-state index contributed by atoms with van der Waals surface area (Å²) in [4.78, 5) is 36.6. The molecule has 3 N–H and O–H groups in total. The number of ether oxygens (including phenoxy) is 2. The van der Waals surface area contributed by atoms with Gasteiger partial charge in [-0.1, -0.05) is 41.4 Å². The summed E-state index contributed by atoms with van der Waals surface area (Å²) in [7, 11) is 0. The number of carbonyl (C=O) groups excluding carboxylic acids is 3. The van der Waals surface area contributed by atoms with E-state index in [1.165, 1.54) is 12.3 Å². The standard InChI is InChI=1S/C26H23Cl2IN4O5/c1-3-37-21-12-16(13-30-33-26(36)25(35)32-20-9-5-8-18(27)23(20)28)11-19(29)24(21)38-14-22(34)31-17-7-4-6-15(2)10-17/h4-13H,3,14H2,1-2H3,(H,31,34)(H,32,35)(H,33,36)/b30-13-. The first-order chi connectivity index (χ1) is 18.2. The molecule has 0 aliphatic carbocycles. The molecule has 0 atom stereocenters. The number of carbonyl (C=O) groups is 3. The van der Waals surface area contributed by atoms with Gasteiger partial charge in [0.05, 0.1) is 32.1 Å². The number of nitrogens with one attached hydrogen (secondary N) is 3. The molecule has 0 saturated carbocycles. The minimum absolute atomic E-state index is 0.117. The van der Waals surface area contributed by atoms with Crippen LogP contribution < -0.4 is 25.5 Å². The molecule has 0 bridgehead atoms. The Hall–Kier alpha value is -3.35.